The maximum Gasteiger partial charge on any atom is 0.333 e. The first-order chi connectivity index (χ1) is 16.0. The Morgan fingerprint density at radius 2 is 1.79 bits per heavy atom. The highest BCUT2D eigenvalue weighted by molar-refractivity contribution is 5.92. The molecule has 0 saturated heterocycles. The molecule has 0 fully saturated rings. The zero-order valence-corrected chi connectivity index (χ0v) is 18.0. The van der Waals surface area contributed by atoms with Crippen LogP contribution in [-0.2, 0) is 29.2 Å². The van der Waals surface area contributed by atoms with E-state index >= 15 is 0 Å². The number of aromatic hydroxyl groups is 1. The van der Waals surface area contributed by atoms with Crippen LogP contribution in [0.1, 0.15) is 5.56 Å². The Labute approximate surface area is 188 Å². The Kier molecular flexibility index (Phi) is 6.36. The fourth-order valence-corrected chi connectivity index (χ4v) is 3.56. The number of anilines is 1. The van der Waals surface area contributed by atoms with Crippen LogP contribution in [0.4, 0.5) is 5.69 Å². The average Bonchev–Trinajstić information content (AvgIpc) is 3.24. The lowest BCUT2D eigenvalue weighted by molar-refractivity contribution is -0.116. The number of ether oxygens (including phenoxy) is 1. The molecule has 0 radical (unpaired) electrons. The molecule has 0 aliphatic carbocycles. The van der Waals surface area contributed by atoms with Gasteiger partial charge in [-0.15, -0.1) is 0 Å². The van der Waals surface area contributed by atoms with Crippen LogP contribution in [0.3, 0.4) is 0 Å². The number of rotatable bonds is 8. The SMILES string of the molecule is COCCn1cnc2c1c(=O)n(CC(=O)Nc1ccccc1O)c(=O)n2Cc1ccccc1. The maximum atomic E-state index is 13.3. The van der Waals surface area contributed by atoms with Gasteiger partial charge in [0.1, 0.15) is 12.3 Å². The van der Waals surface area contributed by atoms with E-state index < -0.39 is 23.7 Å². The molecule has 170 valence electrons. The molecule has 0 bridgehead atoms. The molecule has 33 heavy (non-hydrogen) atoms. The van der Waals surface area contributed by atoms with Gasteiger partial charge in [0.2, 0.25) is 5.91 Å². The molecule has 1 amide bonds. The van der Waals surface area contributed by atoms with E-state index in [9.17, 15) is 19.5 Å². The smallest absolute Gasteiger partial charge is 0.333 e. The fourth-order valence-electron chi connectivity index (χ4n) is 3.56. The molecule has 0 saturated carbocycles. The first-order valence-corrected chi connectivity index (χ1v) is 10.3. The average molecular weight is 449 g/mol. The van der Waals surface area contributed by atoms with Gasteiger partial charge in [0.15, 0.2) is 11.2 Å². The number of para-hydroxylation sites is 2. The summed E-state index contributed by atoms with van der Waals surface area (Å²) in [5.41, 5.74) is 0.198. The quantitative estimate of drug-likeness (QED) is 0.392. The molecule has 10 heteroatoms. The monoisotopic (exact) mass is 449 g/mol. The summed E-state index contributed by atoms with van der Waals surface area (Å²) in [6.07, 6.45) is 1.48. The number of nitrogens with one attached hydrogen (secondary N) is 1. The third kappa shape index (κ3) is 4.55. The number of carbonyl (C=O) groups is 1. The number of phenols is 1. The van der Waals surface area contributed by atoms with Crippen LogP contribution in [0, 0.1) is 0 Å². The van der Waals surface area contributed by atoms with Gasteiger partial charge in [0.25, 0.3) is 5.56 Å². The number of fused-ring (bicyclic) bond motifs is 1. The van der Waals surface area contributed by atoms with Crippen molar-refractivity contribution < 1.29 is 14.6 Å². The van der Waals surface area contributed by atoms with Gasteiger partial charge >= 0.3 is 5.69 Å². The second kappa shape index (κ2) is 9.53. The first-order valence-electron chi connectivity index (χ1n) is 10.3. The van der Waals surface area contributed by atoms with Crippen LogP contribution in [-0.4, -0.2) is 43.4 Å². The first kappa shape index (κ1) is 22.0. The van der Waals surface area contributed by atoms with Crippen molar-refractivity contribution >= 4 is 22.8 Å². The largest absolute Gasteiger partial charge is 0.506 e. The van der Waals surface area contributed by atoms with Gasteiger partial charge in [-0.1, -0.05) is 42.5 Å². The Balaban J connectivity index is 1.79. The van der Waals surface area contributed by atoms with Crippen molar-refractivity contribution in [2.45, 2.75) is 19.6 Å². The van der Waals surface area contributed by atoms with E-state index in [1.807, 2.05) is 30.3 Å². The van der Waals surface area contributed by atoms with Crippen LogP contribution in [0.5, 0.6) is 5.75 Å². The summed E-state index contributed by atoms with van der Waals surface area (Å²) in [6.45, 7) is 0.359. The summed E-state index contributed by atoms with van der Waals surface area (Å²) >= 11 is 0. The minimum Gasteiger partial charge on any atom is -0.506 e. The minimum atomic E-state index is -0.652. The standard InChI is InChI=1S/C23H23N5O5/c1-33-12-11-26-15-24-21-20(26)22(31)28(14-19(30)25-17-9-5-6-10-18(17)29)23(32)27(21)13-16-7-3-2-4-8-16/h2-10,15,29H,11-14H2,1H3,(H,25,30). The van der Waals surface area contributed by atoms with E-state index in [-0.39, 0.29) is 29.1 Å². The topological polar surface area (TPSA) is 120 Å². The number of hydrogen-bond donors (Lipinski definition) is 2. The molecule has 0 unspecified atom stereocenters. The maximum absolute atomic E-state index is 13.3. The molecule has 2 heterocycles. The predicted molar refractivity (Wildman–Crippen MR) is 122 cm³/mol. The third-order valence-corrected chi connectivity index (χ3v) is 5.18. The van der Waals surface area contributed by atoms with Crippen LogP contribution >= 0.6 is 0 Å². The number of nitrogens with zero attached hydrogens (tertiary/aromatic N) is 4. The lowest BCUT2D eigenvalue weighted by Crippen LogP contribution is -2.43. The van der Waals surface area contributed by atoms with E-state index in [1.165, 1.54) is 23.0 Å². The Bertz CT molecular complexity index is 1400. The van der Waals surface area contributed by atoms with E-state index in [2.05, 4.69) is 10.3 Å². The van der Waals surface area contributed by atoms with E-state index in [0.717, 1.165) is 10.1 Å². The summed E-state index contributed by atoms with van der Waals surface area (Å²) in [5.74, 6) is -0.739. The van der Waals surface area contributed by atoms with Crippen molar-refractivity contribution in [3.63, 3.8) is 0 Å². The van der Waals surface area contributed by atoms with Crippen molar-refractivity contribution in [3.8, 4) is 5.75 Å². The van der Waals surface area contributed by atoms with Crippen LogP contribution < -0.4 is 16.6 Å². The zero-order chi connectivity index (χ0) is 23.4. The van der Waals surface area contributed by atoms with Crippen molar-refractivity contribution in [1.29, 1.82) is 0 Å². The number of methoxy groups -OCH3 is 1. The summed E-state index contributed by atoms with van der Waals surface area (Å²) in [4.78, 5) is 43.6. The number of aromatic nitrogens is 4. The zero-order valence-electron chi connectivity index (χ0n) is 18.0. The van der Waals surface area contributed by atoms with Crippen molar-refractivity contribution in [3.05, 3.63) is 87.3 Å². The predicted octanol–water partition coefficient (Wildman–Crippen LogP) is 1.40. The van der Waals surface area contributed by atoms with Gasteiger partial charge in [-0.05, 0) is 17.7 Å². The highest BCUT2D eigenvalue weighted by Crippen LogP contribution is 2.21. The highest BCUT2D eigenvalue weighted by atomic mass is 16.5. The van der Waals surface area contributed by atoms with Gasteiger partial charge in [-0.25, -0.2) is 14.3 Å². The third-order valence-electron chi connectivity index (χ3n) is 5.18. The second-order valence-corrected chi connectivity index (χ2v) is 7.41. The number of imidazole rings is 1. The van der Waals surface area contributed by atoms with Crippen molar-refractivity contribution in [2.75, 3.05) is 19.0 Å². The molecular formula is C23H23N5O5. The molecule has 10 nitrogen and oxygen atoms in total. The van der Waals surface area contributed by atoms with Crippen LogP contribution in [0.15, 0.2) is 70.5 Å². The van der Waals surface area contributed by atoms with Gasteiger partial charge in [-0.3, -0.25) is 14.2 Å². The Morgan fingerprint density at radius 3 is 2.52 bits per heavy atom. The number of hydrogen-bond acceptors (Lipinski definition) is 6. The second-order valence-electron chi connectivity index (χ2n) is 7.41. The molecule has 0 aliphatic heterocycles. The lowest BCUT2D eigenvalue weighted by atomic mass is 10.2. The molecule has 2 N–H and O–H groups in total. The molecule has 0 spiro atoms. The van der Waals surface area contributed by atoms with Gasteiger partial charge in [-0.2, -0.15) is 0 Å². The van der Waals surface area contributed by atoms with Crippen LogP contribution in [0.25, 0.3) is 11.2 Å². The minimum absolute atomic E-state index is 0.118. The van der Waals surface area contributed by atoms with E-state index in [4.69, 9.17) is 4.74 Å². The summed E-state index contributed by atoms with van der Waals surface area (Å²) < 4.78 is 8.98. The number of carbonyl (C=O) groups excluding carboxylic acids is 1. The molecule has 0 aliphatic rings. The normalized spacial score (nSPS) is 11.1. The number of benzene rings is 2. The van der Waals surface area contributed by atoms with Crippen molar-refractivity contribution in [1.82, 2.24) is 18.7 Å². The van der Waals surface area contributed by atoms with Crippen molar-refractivity contribution in [2.24, 2.45) is 0 Å². The Morgan fingerprint density at radius 1 is 1.06 bits per heavy atom. The van der Waals surface area contributed by atoms with E-state index in [0.29, 0.717) is 13.2 Å². The van der Waals surface area contributed by atoms with Gasteiger partial charge in [0.05, 0.1) is 25.2 Å². The van der Waals surface area contributed by atoms with Crippen LogP contribution in [0.2, 0.25) is 0 Å². The summed E-state index contributed by atoms with van der Waals surface area (Å²) in [5, 5.41) is 12.4. The number of amides is 1. The molecule has 0 atom stereocenters. The fraction of sp³-hybridized carbons (Fsp3) is 0.217. The van der Waals surface area contributed by atoms with Gasteiger partial charge < -0.3 is 19.7 Å². The number of phenolic OH excluding ortho intramolecular Hbond substituents is 1. The highest BCUT2D eigenvalue weighted by Gasteiger charge is 2.20. The lowest BCUT2D eigenvalue weighted by Gasteiger charge is -2.13. The van der Waals surface area contributed by atoms with E-state index in [1.54, 1.807) is 23.8 Å². The molecule has 2 aromatic heterocycles. The molecule has 2 aromatic carbocycles. The molecular weight excluding hydrogens is 426 g/mol. The molecule has 4 rings (SSSR count). The van der Waals surface area contributed by atoms with Gasteiger partial charge in [0, 0.05) is 13.7 Å². The summed E-state index contributed by atoms with van der Waals surface area (Å²) in [7, 11) is 1.55. The molecule has 4 aromatic rings. The summed E-state index contributed by atoms with van der Waals surface area (Å²) in [6, 6.07) is 15.5. The Hall–Kier alpha value is -4.18.